The van der Waals surface area contributed by atoms with E-state index in [1.807, 2.05) is 0 Å². The first-order valence-electron chi connectivity index (χ1n) is 6.17. The summed E-state index contributed by atoms with van der Waals surface area (Å²) >= 11 is 0. The van der Waals surface area contributed by atoms with Crippen molar-refractivity contribution in [1.82, 2.24) is 5.32 Å². The van der Waals surface area contributed by atoms with E-state index < -0.39 is 15.9 Å². The molecule has 5 nitrogen and oxygen atoms in total. The van der Waals surface area contributed by atoms with Crippen molar-refractivity contribution < 1.29 is 17.9 Å². The van der Waals surface area contributed by atoms with Gasteiger partial charge in [0.1, 0.15) is 0 Å². The normalized spacial score (nSPS) is 12.7. The van der Waals surface area contributed by atoms with Gasteiger partial charge in [0.15, 0.2) is 9.84 Å². The third-order valence-electron chi connectivity index (χ3n) is 2.56. The lowest BCUT2D eigenvalue weighted by molar-refractivity contribution is 0.148. The van der Waals surface area contributed by atoms with Gasteiger partial charge in [-0.15, -0.1) is 0 Å². The van der Waals surface area contributed by atoms with Gasteiger partial charge in [0.05, 0.1) is 17.3 Å². The molecule has 0 aliphatic heterocycles. The van der Waals surface area contributed by atoms with E-state index in [0.717, 1.165) is 0 Å². The molecule has 0 aliphatic carbocycles. The first-order chi connectivity index (χ1) is 8.95. The lowest BCUT2D eigenvalue weighted by Crippen LogP contribution is -2.34. The molecule has 0 aliphatic rings. The van der Waals surface area contributed by atoms with Crippen LogP contribution in [0.3, 0.4) is 0 Å². The van der Waals surface area contributed by atoms with Crippen molar-refractivity contribution in [2.75, 3.05) is 12.4 Å². The summed E-state index contributed by atoms with van der Waals surface area (Å²) in [6.07, 6.45) is -0.178. The lowest BCUT2D eigenvalue weighted by atomic mass is 10.3. The molecule has 1 unspecified atom stereocenters. The highest BCUT2D eigenvalue weighted by Crippen LogP contribution is 2.11. The van der Waals surface area contributed by atoms with E-state index >= 15 is 0 Å². The molecule has 0 fully saturated rings. The Bertz CT molecular complexity index is 499. The molecule has 0 aromatic heterocycles. The largest absolute Gasteiger partial charge is 0.450 e. The third kappa shape index (κ3) is 5.30. The van der Waals surface area contributed by atoms with E-state index in [1.54, 1.807) is 44.2 Å². The Morgan fingerprint density at radius 3 is 2.53 bits per heavy atom. The van der Waals surface area contributed by atoms with E-state index in [2.05, 4.69) is 5.32 Å². The molecule has 1 N–H and O–H groups in total. The van der Waals surface area contributed by atoms with Gasteiger partial charge in [-0.05, 0) is 32.4 Å². The summed E-state index contributed by atoms with van der Waals surface area (Å²) in [5, 5.41) is 2.58. The summed E-state index contributed by atoms with van der Waals surface area (Å²) in [4.78, 5) is 11.5. The summed E-state index contributed by atoms with van der Waals surface area (Å²) in [5.41, 5.74) is 0. The van der Waals surface area contributed by atoms with Crippen LogP contribution in [0.2, 0.25) is 0 Å². The van der Waals surface area contributed by atoms with Gasteiger partial charge in [-0.2, -0.15) is 0 Å². The monoisotopic (exact) mass is 285 g/mol. The van der Waals surface area contributed by atoms with E-state index in [9.17, 15) is 13.2 Å². The number of benzene rings is 1. The molecule has 0 heterocycles. The van der Waals surface area contributed by atoms with Gasteiger partial charge < -0.3 is 10.1 Å². The van der Waals surface area contributed by atoms with Gasteiger partial charge in [-0.3, -0.25) is 0 Å². The van der Waals surface area contributed by atoms with Gasteiger partial charge in [0.2, 0.25) is 0 Å². The number of nitrogens with one attached hydrogen (secondary N) is 1. The molecular formula is C13H19NO4S. The molecule has 1 rings (SSSR count). The quantitative estimate of drug-likeness (QED) is 0.867. The van der Waals surface area contributed by atoms with Crippen molar-refractivity contribution in [3.05, 3.63) is 30.3 Å². The minimum Gasteiger partial charge on any atom is -0.450 e. The summed E-state index contributed by atoms with van der Waals surface area (Å²) in [5.74, 6) is -0.00934. The maximum Gasteiger partial charge on any atom is 0.407 e. The molecule has 0 spiro atoms. The van der Waals surface area contributed by atoms with Crippen molar-refractivity contribution in [2.45, 2.75) is 31.2 Å². The maximum absolute atomic E-state index is 12.0. The Hall–Kier alpha value is -1.56. The number of carbonyl (C=O) groups excluding carboxylic acids is 1. The summed E-state index contributed by atoms with van der Waals surface area (Å²) in [6.45, 7) is 3.75. The van der Waals surface area contributed by atoms with Crippen LogP contribution in [0.5, 0.6) is 0 Å². The predicted octanol–water partition coefficient (Wildman–Crippen LogP) is 1.99. The summed E-state index contributed by atoms with van der Waals surface area (Å²) in [6, 6.07) is 8.03. The topological polar surface area (TPSA) is 72.5 Å². The van der Waals surface area contributed by atoms with Crippen LogP contribution in [0.1, 0.15) is 20.3 Å². The van der Waals surface area contributed by atoms with E-state index in [4.69, 9.17) is 4.74 Å². The highest BCUT2D eigenvalue weighted by molar-refractivity contribution is 7.91. The molecule has 0 saturated heterocycles. The Labute approximate surface area is 113 Å². The van der Waals surface area contributed by atoms with Crippen LogP contribution in [0.4, 0.5) is 4.79 Å². The second-order valence-electron chi connectivity index (χ2n) is 4.19. The van der Waals surface area contributed by atoms with E-state index in [1.165, 1.54) is 0 Å². The average molecular weight is 285 g/mol. The highest BCUT2D eigenvalue weighted by Gasteiger charge is 2.16. The zero-order valence-electron chi connectivity index (χ0n) is 11.1. The van der Waals surface area contributed by atoms with Crippen molar-refractivity contribution >= 4 is 15.9 Å². The van der Waals surface area contributed by atoms with Gasteiger partial charge >= 0.3 is 6.09 Å². The fourth-order valence-electron chi connectivity index (χ4n) is 1.52. The molecule has 19 heavy (non-hydrogen) atoms. The first kappa shape index (κ1) is 15.5. The van der Waals surface area contributed by atoms with Gasteiger partial charge in [-0.1, -0.05) is 18.2 Å². The van der Waals surface area contributed by atoms with Gasteiger partial charge in [0.25, 0.3) is 0 Å². The molecule has 0 bridgehead atoms. The Morgan fingerprint density at radius 1 is 1.32 bits per heavy atom. The van der Waals surface area contributed by atoms with Crippen LogP contribution in [-0.2, 0) is 14.6 Å². The van der Waals surface area contributed by atoms with Crippen LogP contribution >= 0.6 is 0 Å². The number of ether oxygens (including phenoxy) is 1. The first-order valence-corrected chi connectivity index (χ1v) is 7.82. The molecule has 1 amide bonds. The zero-order valence-corrected chi connectivity index (χ0v) is 11.9. The number of sulfone groups is 1. The molecule has 1 aromatic carbocycles. The smallest absolute Gasteiger partial charge is 0.407 e. The van der Waals surface area contributed by atoms with Crippen molar-refractivity contribution in [2.24, 2.45) is 0 Å². The second kappa shape index (κ2) is 7.13. The molecule has 1 aromatic rings. The number of carbonyl (C=O) groups is 1. The van der Waals surface area contributed by atoms with Crippen molar-refractivity contribution in [1.29, 1.82) is 0 Å². The van der Waals surface area contributed by atoms with Crippen LogP contribution < -0.4 is 5.32 Å². The zero-order chi connectivity index (χ0) is 14.3. The third-order valence-corrected chi connectivity index (χ3v) is 4.33. The highest BCUT2D eigenvalue weighted by atomic mass is 32.2. The van der Waals surface area contributed by atoms with Gasteiger partial charge in [-0.25, -0.2) is 13.2 Å². The van der Waals surface area contributed by atoms with E-state index in [-0.39, 0.29) is 11.8 Å². The van der Waals surface area contributed by atoms with Crippen LogP contribution in [-0.4, -0.2) is 32.9 Å². The Morgan fingerprint density at radius 2 is 1.95 bits per heavy atom. The van der Waals surface area contributed by atoms with Crippen LogP contribution in [0, 0.1) is 0 Å². The van der Waals surface area contributed by atoms with Crippen molar-refractivity contribution in [3.8, 4) is 0 Å². The Kier molecular flexibility index (Phi) is 5.82. The fraction of sp³-hybridized carbons (Fsp3) is 0.462. The molecule has 6 heteroatoms. The number of amides is 1. The number of alkyl carbamates (subject to hydrolysis) is 1. The minimum absolute atomic E-state index is 0.00934. The van der Waals surface area contributed by atoms with E-state index in [0.29, 0.717) is 17.9 Å². The molecule has 0 radical (unpaired) electrons. The second-order valence-corrected chi connectivity index (χ2v) is 6.30. The predicted molar refractivity (Wildman–Crippen MR) is 72.7 cm³/mol. The molecule has 106 valence electrons. The minimum atomic E-state index is -3.30. The van der Waals surface area contributed by atoms with Gasteiger partial charge in [0, 0.05) is 6.04 Å². The Balaban J connectivity index is 2.50. The van der Waals surface area contributed by atoms with Crippen LogP contribution in [0.15, 0.2) is 35.2 Å². The summed E-state index contributed by atoms with van der Waals surface area (Å²) in [7, 11) is -3.30. The number of hydrogen-bond acceptors (Lipinski definition) is 4. The molecule has 0 saturated carbocycles. The molecular weight excluding hydrogens is 266 g/mol. The number of hydrogen-bond donors (Lipinski definition) is 1. The average Bonchev–Trinajstić information content (AvgIpc) is 2.38. The number of rotatable bonds is 6. The maximum atomic E-state index is 12.0. The summed E-state index contributed by atoms with van der Waals surface area (Å²) < 4.78 is 28.7. The lowest BCUT2D eigenvalue weighted by Gasteiger charge is -2.13. The fourth-order valence-corrected chi connectivity index (χ4v) is 3.00. The van der Waals surface area contributed by atoms with Crippen LogP contribution in [0.25, 0.3) is 0 Å². The molecule has 1 atom stereocenters. The van der Waals surface area contributed by atoms with Crippen molar-refractivity contribution in [3.63, 3.8) is 0 Å². The standard InChI is InChI=1S/C13H19NO4S/c1-3-18-13(15)14-11(2)9-10-19(16,17)12-7-5-4-6-8-12/h4-8,11H,3,9-10H2,1-2H3,(H,14,15). The SMILES string of the molecule is CCOC(=O)NC(C)CCS(=O)(=O)c1ccccc1.